The Morgan fingerprint density at radius 2 is 0.510 bits per heavy atom. The van der Waals surface area contributed by atoms with Gasteiger partial charge in [0.1, 0.15) is 86.7 Å². The molecule has 1 aromatic carbocycles. The van der Waals surface area contributed by atoms with Crippen LogP contribution in [-0.4, -0.2) is 202 Å². The number of hydrogen-bond donors (Lipinski definition) is 8. The molecule has 0 fully saturated rings. The maximum absolute atomic E-state index is 12.4. The van der Waals surface area contributed by atoms with Crippen molar-refractivity contribution in [2.24, 2.45) is 82.9 Å². The molecule has 0 saturated heterocycles. The summed E-state index contributed by atoms with van der Waals surface area (Å²) >= 11 is 0. The summed E-state index contributed by atoms with van der Waals surface area (Å²) in [5.41, 5.74) is 0.986. The molecule has 0 aliphatic carbocycles. The van der Waals surface area contributed by atoms with E-state index in [-0.39, 0.29) is 258 Å². The summed E-state index contributed by atoms with van der Waals surface area (Å²) in [7, 11) is 4.01. The number of carbonyl (C=O) groups excluding carboxylic acids is 19. The Labute approximate surface area is 888 Å². The number of hydrogen-bond acceptors (Lipinski definition) is 27. The molecule has 0 bridgehead atoms. The van der Waals surface area contributed by atoms with Crippen molar-refractivity contribution in [3.63, 3.8) is 0 Å². The zero-order valence-corrected chi connectivity index (χ0v) is 99.7. The number of carbonyl (C=O) groups is 19. The molecular weight excluding hydrogens is 1880 g/mol. The minimum absolute atomic E-state index is 0.00180. The number of amides is 2. The van der Waals surface area contributed by atoms with Crippen LogP contribution in [0.2, 0.25) is 0 Å². The predicted octanol–water partition coefficient (Wildman–Crippen LogP) is 21.4. The van der Waals surface area contributed by atoms with Crippen LogP contribution in [0.1, 0.15) is 423 Å². The first-order chi connectivity index (χ1) is 67.0. The summed E-state index contributed by atoms with van der Waals surface area (Å²) in [6.07, 6.45) is 10.5. The molecule has 0 spiro atoms. The lowest BCUT2D eigenvalue weighted by Gasteiger charge is -2.21. The molecule has 1 rings (SSSR count). The molecule has 0 aliphatic rings. The van der Waals surface area contributed by atoms with Crippen molar-refractivity contribution in [3.8, 4) is 5.75 Å². The summed E-state index contributed by atoms with van der Waals surface area (Å²) in [5, 5.41) is 30.9. The van der Waals surface area contributed by atoms with Crippen LogP contribution in [0, 0.1) is 82.9 Å². The lowest BCUT2D eigenvalue weighted by Crippen LogP contribution is -2.45. The van der Waals surface area contributed by atoms with Crippen LogP contribution in [0.4, 0.5) is 0 Å². The molecule has 145 heavy (non-hydrogen) atoms. The lowest BCUT2D eigenvalue weighted by atomic mass is 9.93. The van der Waals surface area contributed by atoms with E-state index in [1.807, 2.05) is 145 Å². The summed E-state index contributed by atoms with van der Waals surface area (Å²) in [5.74, 6) is 5.14. The van der Waals surface area contributed by atoms with Gasteiger partial charge in [0.05, 0.1) is 18.6 Å². The number of aromatic hydroxyl groups is 1. The van der Waals surface area contributed by atoms with Gasteiger partial charge in [-0.1, -0.05) is 297 Å². The van der Waals surface area contributed by atoms with E-state index < -0.39 is 6.04 Å². The fourth-order valence-corrected chi connectivity index (χ4v) is 14.4. The Bertz CT molecular complexity index is 3590. The van der Waals surface area contributed by atoms with Crippen molar-refractivity contribution in [1.29, 1.82) is 0 Å². The third-order valence-corrected chi connectivity index (χ3v) is 25.0. The number of Topliss-reactive ketones (excluding diaryl/α,β-unsaturated/α-hetero) is 17. The molecule has 0 saturated carbocycles. The molecule has 842 valence electrons. The van der Waals surface area contributed by atoms with Gasteiger partial charge in [0, 0.05) is 254 Å². The zero-order chi connectivity index (χ0) is 114. The van der Waals surface area contributed by atoms with Crippen molar-refractivity contribution in [2.45, 2.75) is 466 Å². The SMILES string of the molecule is CC(C)C(=O)CC(NC(=O)C(C)C)C(=O)C(C)C.CC(C)C(=O)CCC(=O)CCC(=O)C(C)C.CC(C)C(=O)CCC(=O)CCC(=O)C(C)C.CC(C)C(=O)CCC(=O)CCC(=O)NCC(=O)C(C)C.CC(C)CSSCC(C)C.CC(C)NC(Cc1ccc(O)cc1)C(=O)CCC(=O)C(C)C.CC(C)NCCC(=O)C(C)C.CC(C)NCCCC(=O)CCC(=O)C(C)C.CC(C)NCCCC(=O)CCCNC(C)C. The van der Waals surface area contributed by atoms with Crippen LogP contribution in [0.15, 0.2) is 24.3 Å². The average Bonchev–Trinajstić information content (AvgIpc) is 0.881. The van der Waals surface area contributed by atoms with Crippen LogP contribution in [0.5, 0.6) is 5.75 Å². The fraction of sp³-hybridized carbons (Fsp3) is 0.784. The minimum atomic E-state index is -0.685. The van der Waals surface area contributed by atoms with Crippen LogP contribution in [-0.2, 0) is 97.5 Å². The minimum Gasteiger partial charge on any atom is -0.508 e. The summed E-state index contributed by atoms with van der Waals surface area (Å²) in [6.45, 7) is 77.3. The highest BCUT2D eigenvalue weighted by Crippen LogP contribution is 2.26. The highest BCUT2D eigenvalue weighted by molar-refractivity contribution is 8.76. The highest BCUT2D eigenvalue weighted by Gasteiger charge is 2.29. The first-order valence-electron chi connectivity index (χ1n) is 54.2. The molecular formula is C116H211N7O20S2. The summed E-state index contributed by atoms with van der Waals surface area (Å²) in [6, 6.07) is 8.06. The Morgan fingerprint density at radius 3 is 0.772 bits per heavy atom. The highest BCUT2D eigenvalue weighted by atomic mass is 33.1. The number of rotatable bonds is 71. The van der Waals surface area contributed by atoms with E-state index in [1.54, 1.807) is 81.4 Å². The number of ketones is 17. The predicted molar refractivity (Wildman–Crippen MR) is 600 cm³/mol. The maximum atomic E-state index is 12.4. The molecule has 1 aromatic rings. The number of phenolic OH excluding ortho intramolecular Hbond substituents is 1. The van der Waals surface area contributed by atoms with E-state index in [9.17, 15) is 96.2 Å². The monoisotopic (exact) mass is 2090 g/mol. The molecule has 2 unspecified atom stereocenters. The second-order valence-electron chi connectivity index (χ2n) is 43.7. The Morgan fingerprint density at radius 1 is 0.255 bits per heavy atom. The van der Waals surface area contributed by atoms with E-state index in [0.717, 1.165) is 75.7 Å². The molecule has 2 atom stereocenters. The third-order valence-electron chi connectivity index (χ3n) is 21.9. The van der Waals surface area contributed by atoms with Crippen LogP contribution in [0.25, 0.3) is 0 Å². The van der Waals surface area contributed by atoms with Gasteiger partial charge in [0.25, 0.3) is 0 Å². The fourth-order valence-electron chi connectivity index (χ4n) is 11.5. The Balaban J connectivity index is -0.000000245. The topological polar surface area (TPSA) is 429 Å². The molecule has 0 aromatic heterocycles. The van der Waals surface area contributed by atoms with E-state index in [2.05, 4.69) is 120 Å². The van der Waals surface area contributed by atoms with E-state index in [4.69, 9.17) is 0 Å². The van der Waals surface area contributed by atoms with Gasteiger partial charge in [0.2, 0.25) is 11.8 Å². The van der Waals surface area contributed by atoms with Crippen molar-refractivity contribution in [3.05, 3.63) is 29.8 Å². The second-order valence-corrected chi connectivity index (χ2v) is 46.3. The van der Waals surface area contributed by atoms with Crippen LogP contribution in [0.3, 0.4) is 0 Å². The maximum Gasteiger partial charge on any atom is 0.223 e. The van der Waals surface area contributed by atoms with Gasteiger partial charge in [-0.3, -0.25) is 91.1 Å². The van der Waals surface area contributed by atoms with Gasteiger partial charge in [-0.25, -0.2) is 0 Å². The second kappa shape index (κ2) is 94.1. The van der Waals surface area contributed by atoms with E-state index in [1.165, 1.54) is 11.5 Å². The molecule has 0 heterocycles. The summed E-state index contributed by atoms with van der Waals surface area (Å²) in [4.78, 5) is 218. The van der Waals surface area contributed by atoms with E-state index in [0.29, 0.717) is 99.9 Å². The number of benzene rings is 1. The largest absolute Gasteiger partial charge is 0.508 e. The van der Waals surface area contributed by atoms with Gasteiger partial charge < -0.3 is 42.3 Å². The lowest BCUT2D eigenvalue weighted by molar-refractivity contribution is -0.133. The Hall–Kier alpha value is -7.15. The van der Waals surface area contributed by atoms with Gasteiger partial charge in [-0.2, -0.15) is 0 Å². The molecule has 0 aliphatic heterocycles. The number of phenols is 1. The van der Waals surface area contributed by atoms with Crippen molar-refractivity contribution in [2.75, 3.05) is 44.2 Å². The molecule has 27 nitrogen and oxygen atoms in total. The van der Waals surface area contributed by atoms with Gasteiger partial charge in [0.15, 0.2) is 17.3 Å². The molecule has 0 radical (unpaired) electrons. The van der Waals surface area contributed by atoms with Gasteiger partial charge >= 0.3 is 0 Å². The van der Waals surface area contributed by atoms with Gasteiger partial charge in [-0.15, -0.1) is 0 Å². The summed E-state index contributed by atoms with van der Waals surface area (Å²) < 4.78 is 0. The van der Waals surface area contributed by atoms with Crippen molar-refractivity contribution >= 4 is 132 Å². The standard InChI is InChI=1S/C18H27NO3.C15H25NO4.C14H25NO3.C13H28N2O.C13H25NO2.2C13H22O3.C9H19NO.C8H18S2/c1-12(2)17(21)9-10-18(22)16(19-13(3)4)11-14-5-7-15(20)8-6-14;1-10(2)13(18)7-5-12(17)6-8-15(20)16-9-14(19)11(3)4;1-8(2)12(16)7-11(13(17)9(3)4)15-14(18)10(5)6;1-11(2)14-9-5-7-13(16)8-6-10-15-12(3)4;1-10(2)13(16)8-7-12(15)6-5-9-14-11(3)4;2*1-9(2)12(15)7-5-11(14)6-8-13(16)10(3)4;1-7(2)9(11)5-6-10-8(3)4;1-7(2)5-9-10-6-8(3)4/h5-8,12-13,16,19-20H,9-11H2,1-4H3;10-11H,5-9H2,1-4H3,(H,16,20);8-11H,7H2,1-6H3,(H,15,18);11-12,14-15H,5-10H2,1-4H3;10-11,14H,5-9H2,1-4H3;2*9-10H,5-8H2,1-4H3;7-8,10H,5-6H2,1-4H3;7-8H,5-6H2,1-4H3. The molecule has 2 amide bonds. The van der Waals surface area contributed by atoms with E-state index >= 15 is 0 Å². The zero-order valence-electron chi connectivity index (χ0n) is 98.1. The number of nitrogens with one attached hydrogen (secondary N) is 7. The van der Waals surface area contributed by atoms with Crippen molar-refractivity contribution in [1.82, 2.24) is 37.2 Å². The molecule has 29 heteroatoms. The quantitative estimate of drug-likeness (QED) is 0.0222. The third kappa shape index (κ3) is 105. The van der Waals surface area contributed by atoms with Crippen molar-refractivity contribution < 1.29 is 96.2 Å². The van der Waals surface area contributed by atoms with Gasteiger partial charge in [-0.05, 0) is 74.8 Å². The van der Waals surface area contributed by atoms with Crippen LogP contribution < -0.4 is 37.2 Å². The first-order valence-corrected chi connectivity index (χ1v) is 56.7. The smallest absolute Gasteiger partial charge is 0.223 e. The Kier molecular flexibility index (Phi) is 99.3. The average molecular weight is 2090 g/mol. The molecule has 8 N–H and O–H groups in total. The normalized spacial score (nSPS) is 11.5. The first kappa shape index (κ1) is 153. The van der Waals surface area contributed by atoms with Crippen LogP contribution >= 0.6 is 21.6 Å².